The summed E-state index contributed by atoms with van der Waals surface area (Å²) in [4.78, 5) is 0. The fraction of sp³-hybridized carbons (Fsp3) is 0.429. The third-order valence-electron chi connectivity index (χ3n) is 0.667. The average Bonchev–Trinajstić information content (AvgIpc) is 1.61. The van der Waals surface area contributed by atoms with E-state index in [1.54, 1.807) is 0 Å². The molecular weight excluding hydrogens is 107 g/mol. The minimum Gasteiger partial charge on any atom is -0.873 e. The van der Waals surface area contributed by atoms with Gasteiger partial charge in [-0.1, -0.05) is 26.0 Å². The van der Waals surface area contributed by atoms with E-state index >= 15 is 0 Å². The van der Waals surface area contributed by atoms with Crippen LogP contribution in [0.1, 0.15) is 13.8 Å². The zero-order chi connectivity index (χ0) is 6.57. The summed E-state index contributed by atoms with van der Waals surface area (Å²) in [6.07, 6.45) is 3.32. The van der Waals surface area contributed by atoms with Crippen molar-refractivity contribution in [3.8, 4) is 0 Å². The third-order valence-corrected chi connectivity index (χ3v) is 0.667. The molecule has 1 nitrogen and oxygen atoms in total. The van der Waals surface area contributed by atoms with Gasteiger partial charge in [0.05, 0.1) is 0 Å². The van der Waals surface area contributed by atoms with Crippen molar-refractivity contribution < 1.29 is 24.0 Å². The second-order valence-corrected chi connectivity index (χ2v) is 2.07. The van der Waals surface area contributed by atoms with Crippen molar-refractivity contribution in [1.82, 2.24) is 0 Å². The molecule has 46 valence electrons. The van der Waals surface area contributed by atoms with Crippen molar-refractivity contribution in [3.63, 3.8) is 0 Å². The van der Waals surface area contributed by atoms with Crippen molar-refractivity contribution in [2.24, 2.45) is 5.92 Å². The second kappa shape index (κ2) is 6.00. The molecule has 0 aromatic carbocycles. The molecule has 0 atom stereocenters. The van der Waals surface area contributed by atoms with Crippen molar-refractivity contribution >= 4 is 0 Å². The largest absolute Gasteiger partial charge is 1.00 e. The molecule has 9 heavy (non-hydrogen) atoms. The molecule has 0 radical (unpaired) electrons. The Bertz CT molecular complexity index is 105. The zero-order valence-electron chi connectivity index (χ0n) is 6.35. The summed E-state index contributed by atoms with van der Waals surface area (Å²) in [5.74, 6) is 0.319. The molecule has 0 fully saturated rings. The first-order valence-electron chi connectivity index (χ1n) is 2.67. The molecule has 0 spiro atoms. The van der Waals surface area contributed by atoms with Crippen molar-refractivity contribution in [3.05, 3.63) is 24.5 Å². The molecule has 0 aliphatic rings. The van der Waals surface area contributed by atoms with Crippen LogP contribution in [0, 0.1) is 5.92 Å². The molecule has 0 saturated heterocycles. The molecule has 0 heterocycles. The monoisotopic (exact) mass is 118 g/mol. The Morgan fingerprint density at radius 2 is 2.00 bits per heavy atom. The molecule has 0 aromatic rings. The van der Waals surface area contributed by atoms with Crippen LogP contribution in [0.2, 0.25) is 0 Å². The maximum atomic E-state index is 10.2. The molecule has 0 aliphatic carbocycles. The molecule has 0 aliphatic heterocycles. The summed E-state index contributed by atoms with van der Waals surface area (Å²) in [5.41, 5.74) is 0. The van der Waals surface area contributed by atoms with Gasteiger partial charge in [0, 0.05) is 0 Å². The Labute approximate surface area is 68.6 Å². The molecule has 0 saturated carbocycles. The van der Waals surface area contributed by atoms with E-state index in [1.807, 2.05) is 19.9 Å². The van der Waals surface area contributed by atoms with Gasteiger partial charge in [0.1, 0.15) is 0 Å². The molecule has 0 N–H and O–H groups in total. The van der Waals surface area contributed by atoms with Crippen LogP contribution in [0.3, 0.4) is 0 Å². The number of rotatable bonds is 2. The fourth-order valence-corrected chi connectivity index (χ4v) is 0.300. The zero-order valence-corrected chi connectivity index (χ0v) is 6.35. The maximum Gasteiger partial charge on any atom is 1.00 e. The Morgan fingerprint density at radius 1 is 1.56 bits per heavy atom. The minimum absolute atomic E-state index is 0. The Morgan fingerprint density at radius 3 is 2.11 bits per heavy atom. The molecule has 0 rings (SSSR count). The first kappa shape index (κ1) is 11.6. The predicted octanol–water partition coefficient (Wildman–Crippen LogP) is -1.92. The summed E-state index contributed by atoms with van der Waals surface area (Å²) >= 11 is 0. The van der Waals surface area contributed by atoms with E-state index in [1.165, 1.54) is 6.08 Å². The Hall–Kier alpha value is -0.123. The first-order valence-corrected chi connectivity index (χ1v) is 2.67. The second-order valence-electron chi connectivity index (χ2n) is 2.07. The van der Waals surface area contributed by atoms with Gasteiger partial charge in [0.2, 0.25) is 0 Å². The SMILES string of the molecule is C=C([O-])/C=C/C(C)C.[Li+]. The van der Waals surface area contributed by atoms with E-state index in [9.17, 15) is 5.11 Å². The number of hydrogen-bond acceptors (Lipinski definition) is 1. The first-order chi connectivity index (χ1) is 3.63. The van der Waals surface area contributed by atoms with Gasteiger partial charge in [0.25, 0.3) is 0 Å². The molecule has 2 heteroatoms. The number of hydrogen-bond donors (Lipinski definition) is 0. The smallest absolute Gasteiger partial charge is 0.873 e. The molecular formula is C7H11LiO. The molecule has 0 unspecified atom stereocenters. The molecule has 0 bridgehead atoms. The van der Waals surface area contributed by atoms with E-state index in [2.05, 4.69) is 6.58 Å². The van der Waals surface area contributed by atoms with Crippen LogP contribution in [0.25, 0.3) is 0 Å². The quantitative estimate of drug-likeness (QED) is 0.235. The van der Waals surface area contributed by atoms with E-state index in [0.29, 0.717) is 5.92 Å². The van der Waals surface area contributed by atoms with Crippen molar-refractivity contribution in [2.45, 2.75) is 13.8 Å². The third kappa shape index (κ3) is 11.4. The molecule has 0 amide bonds. The van der Waals surface area contributed by atoms with Gasteiger partial charge in [-0.15, -0.1) is 12.3 Å². The van der Waals surface area contributed by atoms with Gasteiger partial charge in [-0.2, -0.15) is 0 Å². The topological polar surface area (TPSA) is 23.1 Å². The normalized spacial score (nSPS) is 9.67. The van der Waals surface area contributed by atoms with E-state index in [4.69, 9.17) is 0 Å². The average molecular weight is 118 g/mol. The number of allylic oxidation sites excluding steroid dienone is 2. The Kier molecular flexibility index (Phi) is 7.77. The van der Waals surface area contributed by atoms with Crippen LogP contribution in [0.5, 0.6) is 0 Å². The summed E-state index contributed by atoms with van der Waals surface area (Å²) in [6, 6.07) is 0. The van der Waals surface area contributed by atoms with E-state index in [-0.39, 0.29) is 24.6 Å². The predicted molar refractivity (Wildman–Crippen MR) is 33.1 cm³/mol. The van der Waals surface area contributed by atoms with E-state index < -0.39 is 0 Å². The van der Waals surface area contributed by atoms with Gasteiger partial charge in [-0.25, -0.2) is 0 Å². The van der Waals surface area contributed by atoms with Gasteiger partial charge in [-0.3, -0.25) is 0 Å². The standard InChI is InChI=1S/C7H12O.Li/c1-6(2)4-5-7(3)8;/h4-6,8H,3H2,1-2H3;/q;+1/p-1/b5-4+;. The van der Waals surface area contributed by atoms with E-state index in [0.717, 1.165) is 0 Å². The maximum absolute atomic E-state index is 10.2. The van der Waals surface area contributed by atoms with Crippen LogP contribution >= 0.6 is 0 Å². The van der Waals surface area contributed by atoms with Gasteiger partial charge < -0.3 is 5.11 Å². The minimum atomic E-state index is -0.126. The summed E-state index contributed by atoms with van der Waals surface area (Å²) in [7, 11) is 0. The fourth-order valence-electron chi connectivity index (χ4n) is 0.300. The van der Waals surface area contributed by atoms with Crippen LogP contribution in [0.4, 0.5) is 0 Å². The van der Waals surface area contributed by atoms with Crippen LogP contribution in [-0.4, -0.2) is 0 Å². The van der Waals surface area contributed by atoms with Gasteiger partial charge in [-0.05, 0) is 5.92 Å². The summed E-state index contributed by atoms with van der Waals surface area (Å²) in [5, 5.41) is 10.2. The van der Waals surface area contributed by atoms with Crippen molar-refractivity contribution in [2.75, 3.05) is 0 Å². The molecule has 0 aromatic heterocycles. The summed E-state index contributed by atoms with van der Waals surface area (Å²) in [6.45, 7) is 7.21. The van der Waals surface area contributed by atoms with Crippen LogP contribution in [0.15, 0.2) is 24.5 Å². The van der Waals surface area contributed by atoms with Gasteiger partial charge >= 0.3 is 18.9 Å². The summed E-state index contributed by atoms with van der Waals surface area (Å²) < 4.78 is 0. The van der Waals surface area contributed by atoms with Crippen molar-refractivity contribution in [1.29, 1.82) is 0 Å². The Balaban J connectivity index is 0. The van der Waals surface area contributed by atoms with Crippen LogP contribution in [-0.2, 0) is 0 Å². The van der Waals surface area contributed by atoms with Crippen LogP contribution < -0.4 is 24.0 Å². The van der Waals surface area contributed by atoms with Gasteiger partial charge in [0.15, 0.2) is 0 Å².